The van der Waals surface area contributed by atoms with Gasteiger partial charge in [-0.3, -0.25) is 4.79 Å². The third-order valence-corrected chi connectivity index (χ3v) is 6.45. The van der Waals surface area contributed by atoms with E-state index in [0.717, 1.165) is 55.5 Å². The molecule has 0 N–H and O–H groups in total. The van der Waals surface area contributed by atoms with Gasteiger partial charge < -0.3 is 9.47 Å². The second-order valence-corrected chi connectivity index (χ2v) is 9.00. The SMILES string of the molecule is O=C(c1cccc(C(F)(F)F)c1)N(Cc1cccn1Cc1cccc(Cl)c1)C1CCCCC1. The number of rotatable bonds is 6. The summed E-state index contributed by atoms with van der Waals surface area (Å²) in [6, 6.07) is 16.2. The number of alkyl halides is 3. The molecule has 33 heavy (non-hydrogen) atoms. The van der Waals surface area contributed by atoms with Gasteiger partial charge in [-0.15, -0.1) is 0 Å². The van der Waals surface area contributed by atoms with E-state index in [1.165, 1.54) is 12.1 Å². The maximum Gasteiger partial charge on any atom is 0.416 e. The van der Waals surface area contributed by atoms with Crippen LogP contribution in [0.5, 0.6) is 0 Å². The molecular weight excluding hydrogens is 449 g/mol. The average molecular weight is 475 g/mol. The van der Waals surface area contributed by atoms with Crippen molar-refractivity contribution in [2.45, 2.75) is 57.4 Å². The molecule has 4 rings (SSSR count). The summed E-state index contributed by atoms with van der Waals surface area (Å²) >= 11 is 6.12. The van der Waals surface area contributed by atoms with Gasteiger partial charge in [0.25, 0.3) is 5.91 Å². The lowest BCUT2D eigenvalue weighted by atomic mass is 9.93. The number of benzene rings is 2. The molecule has 1 fully saturated rings. The van der Waals surface area contributed by atoms with Gasteiger partial charge in [0.1, 0.15) is 0 Å². The molecule has 0 radical (unpaired) electrons. The Morgan fingerprint density at radius 2 is 1.76 bits per heavy atom. The Balaban J connectivity index is 1.61. The largest absolute Gasteiger partial charge is 0.416 e. The van der Waals surface area contributed by atoms with Crippen LogP contribution in [-0.2, 0) is 19.3 Å². The molecule has 0 atom stereocenters. The molecule has 1 amide bonds. The minimum atomic E-state index is -4.49. The van der Waals surface area contributed by atoms with Gasteiger partial charge in [-0.2, -0.15) is 13.2 Å². The topological polar surface area (TPSA) is 25.2 Å². The highest BCUT2D eigenvalue weighted by Crippen LogP contribution is 2.31. The van der Waals surface area contributed by atoms with Crippen LogP contribution in [0.2, 0.25) is 5.02 Å². The van der Waals surface area contributed by atoms with Crippen LogP contribution in [-0.4, -0.2) is 21.4 Å². The molecule has 3 aromatic rings. The number of nitrogens with zero attached hydrogens (tertiary/aromatic N) is 2. The van der Waals surface area contributed by atoms with E-state index in [-0.39, 0.29) is 17.5 Å². The molecule has 0 aliphatic heterocycles. The predicted octanol–water partition coefficient (Wildman–Crippen LogP) is 7.18. The van der Waals surface area contributed by atoms with E-state index in [9.17, 15) is 18.0 Å². The van der Waals surface area contributed by atoms with Crippen LogP contribution in [0.1, 0.15) is 59.3 Å². The summed E-state index contributed by atoms with van der Waals surface area (Å²) in [5, 5.41) is 0.657. The van der Waals surface area contributed by atoms with Crippen molar-refractivity contribution in [2.24, 2.45) is 0 Å². The fourth-order valence-corrected chi connectivity index (χ4v) is 4.72. The quantitative estimate of drug-likeness (QED) is 0.371. The predicted molar refractivity (Wildman–Crippen MR) is 123 cm³/mol. The maximum absolute atomic E-state index is 13.5. The van der Waals surface area contributed by atoms with Crippen molar-refractivity contribution in [3.05, 3.63) is 94.3 Å². The first kappa shape index (κ1) is 23.4. The van der Waals surface area contributed by atoms with Gasteiger partial charge in [-0.1, -0.05) is 49.1 Å². The van der Waals surface area contributed by atoms with Gasteiger partial charge in [0.2, 0.25) is 0 Å². The number of carbonyl (C=O) groups excluding carboxylic acids is 1. The van der Waals surface area contributed by atoms with E-state index in [1.54, 1.807) is 4.90 Å². The molecule has 0 unspecified atom stereocenters. The summed E-state index contributed by atoms with van der Waals surface area (Å²) in [7, 11) is 0. The first-order valence-electron chi connectivity index (χ1n) is 11.2. The van der Waals surface area contributed by atoms with Gasteiger partial charge in [-0.25, -0.2) is 0 Å². The number of amides is 1. The minimum Gasteiger partial charge on any atom is -0.345 e. The lowest BCUT2D eigenvalue weighted by Crippen LogP contribution is -2.41. The molecule has 1 aromatic heterocycles. The van der Waals surface area contributed by atoms with Crippen molar-refractivity contribution in [2.75, 3.05) is 0 Å². The van der Waals surface area contributed by atoms with Gasteiger partial charge in [0.05, 0.1) is 12.1 Å². The molecule has 0 bridgehead atoms. The second-order valence-electron chi connectivity index (χ2n) is 8.56. The molecule has 174 valence electrons. The van der Waals surface area contributed by atoms with E-state index in [0.29, 0.717) is 18.1 Å². The monoisotopic (exact) mass is 474 g/mol. The number of halogens is 4. The zero-order valence-electron chi connectivity index (χ0n) is 18.2. The first-order chi connectivity index (χ1) is 15.8. The smallest absolute Gasteiger partial charge is 0.345 e. The maximum atomic E-state index is 13.5. The van der Waals surface area contributed by atoms with Crippen LogP contribution in [0.3, 0.4) is 0 Å². The molecule has 7 heteroatoms. The molecule has 0 spiro atoms. The Bertz CT molecular complexity index is 1100. The third-order valence-electron chi connectivity index (χ3n) is 6.21. The van der Waals surface area contributed by atoms with Crippen molar-refractivity contribution < 1.29 is 18.0 Å². The minimum absolute atomic E-state index is 0.00955. The van der Waals surface area contributed by atoms with Crippen molar-refractivity contribution in [3.63, 3.8) is 0 Å². The summed E-state index contributed by atoms with van der Waals surface area (Å²) in [5.41, 5.74) is 1.24. The fourth-order valence-electron chi connectivity index (χ4n) is 4.51. The van der Waals surface area contributed by atoms with Crippen molar-refractivity contribution in [1.29, 1.82) is 0 Å². The van der Waals surface area contributed by atoms with Crippen LogP contribution in [0.15, 0.2) is 66.9 Å². The Morgan fingerprint density at radius 1 is 1.00 bits per heavy atom. The Labute approximate surface area is 196 Å². The van der Waals surface area contributed by atoms with Crippen LogP contribution in [0, 0.1) is 0 Å². The Kier molecular flexibility index (Phi) is 7.13. The van der Waals surface area contributed by atoms with E-state index >= 15 is 0 Å². The second kappa shape index (κ2) is 10.0. The van der Waals surface area contributed by atoms with Crippen LogP contribution in [0.25, 0.3) is 0 Å². The van der Waals surface area contributed by atoms with Crippen LogP contribution >= 0.6 is 11.6 Å². The van der Waals surface area contributed by atoms with Crippen molar-refractivity contribution in [1.82, 2.24) is 9.47 Å². The number of hydrogen-bond acceptors (Lipinski definition) is 1. The zero-order chi connectivity index (χ0) is 23.4. The summed E-state index contributed by atoms with van der Waals surface area (Å²) in [6.07, 6.45) is 2.33. The average Bonchev–Trinajstić information content (AvgIpc) is 3.23. The highest BCUT2D eigenvalue weighted by atomic mass is 35.5. The van der Waals surface area contributed by atoms with Gasteiger partial charge in [0.15, 0.2) is 0 Å². The molecule has 1 aliphatic rings. The van der Waals surface area contributed by atoms with E-state index in [1.807, 2.05) is 42.6 Å². The van der Waals surface area contributed by atoms with Gasteiger partial charge >= 0.3 is 6.18 Å². The van der Waals surface area contributed by atoms with E-state index in [4.69, 9.17) is 11.6 Å². The molecule has 2 aromatic carbocycles. The van der Waals surface area contributed by atoms with Crippen molar-refractivity contribution in [3.8, 4) is 0 Å². The fraction of sp³-hybridized carbons (Fsp3) is 0.346. The first-order valence-corrected chi connectivity index (χ1v) is 11.6. The molecule has 0 saturated heterocycles. The summed E-state index contributed by atoms with van der Waals surface area (Å²) in [6.45, 7) is 0.937. The molecule has 1 saturated carbocycles. The van der Waals surface area contributed by atoms with Crippen LogP contribution in [0.4, 0.5) is 13.2 Å². The standard InChI is InChI=1S/C26H26ClF3N2O/c27-22-10-4-7-19(15-22)17-31-14-6-13-24(31)18-32(23-11-2-1-3-12-23)25(33)20-8-5-9-21(16-20)26(28,29)30/h4-10,13-16,23H,1-3,11-12,17-18H2. The summed E-state index contributed by atoms with van der Waals surface area (Å²) in [4.78, 5) is 15.3. The summed E-state index contributed by atoms with van der Waals surface area (Å²) in [5.74, 6) is -0.358. The molecule has 1 heterocycles. The lowest BCUT2D eigenvalue weighted by molar-refractivity contribution is -0.137. The molecule has 1 aliphatic carbocycles. The Morgan fingerprint density at radius 3 is 2.48 bits per heavy atom. The highest BCUT2D eigenvalue weighted by Gasteiger charge is 2.32. The number of aromatic nitrogens is 1. The number of hydrogen-bond donors (Lipinski definition) is 0. The summed E-state index contributed by atoms with van der Waals surface area (Å²) < 4.78 is 41.8. The molecule has 3 nitrogen and oxygen atoms in total. The third kappa shape index (κ3) is 5.80. The van der Waals surface area contributed by atoms with Gasteiger partial charge in [-0.05, 0) is 60.9 Å². The number of carbonyl (C=O) groups is 1. The highest BCUT2D eigenvalue weighted by molar-refractivity contribution is 6.30. The molecular formula is C26H26ClF3N2O. The lowest BCUT2D eigenvalue weighted by Gasteiger charge is -2.35. The van der Waals surface area contributed by atoms with E-state index in [2.05, 4.69) is 4.57 Å². The van der Waals surface area contributed by atoms with Crippen LogP contribution < -0.4 is 0 Å². The normalized spacial score (nSPS) is 14.9. The van der Waals surface area contributed by atoms with E-state index < -0.39 is 11.7 Å². The Hall–Kier alpha value is -2.73. The van der Waals surface area contributed by atoms with Gasteiger partial charge in [0, 0.05) is 35.1 Å². The van der Waals surface area contributed by atoms with Crippen molar-refractivity contribution >= 4 is 17.5 Å². The zero-order valence-corrected chi connectivity index (χ0v) is 18.9.